The SMILES string of the molecule is CC(CN)c1ncc(-c2ccccc2)[nH]1. The van der Waals surface area contributed by atoms with E-state index in [9.17, 15) is 0 Å². The van der Waals surface area contributed by atoms with Gasteiger partial charge in [0.05, 0.1) is 11.9 Å². The molecule has 2 rings (SSSR count). The molecule has 0 aliphatic rings. The molecule has 3 nitrogen and oxygen atoms in total. The summed E-state index contributed by atoms with van der Waals surface area (Å²) in [5, 5.41) is 0. The first kappa shape index (κ1) is 9.93. The number of hydrogen-bond acceptors (Lipinski definition) is 2. The molecule has 0 bridgehead atoms. The van der Waals surface area contributed by atoms with Crippen molar-refractivity contribution >= 4 is 0 Å². The van der Waals surface area contributed by atoms with E-state index >= 15 is 0 Å². The Bertz CT molecular complexity index is 419. The van der Waals surface area contributed by atoms with E-state index in [0.29, 0.717) is 6.54 Å². The first-order chi connectivity index (χ1) is 7.31. The molecule has 0 saturated heterocycles. The number of benzene rings is 1. The van der Waals surface area contributed by atoms with Crippen LogP contribution in [0.4, 0.5) is 0 Å². The third kappa shape index (κ3) is 2.07. The number of nitrogens with zero attached hydrogens (tertiary/aromatic N) is 1. The van der Waals surface area contributed by atoms with Crippen LogP contribution < -0.4 is 5.73 Å². The molecule has 1 unspecified atom stereocenters. The molecule has 0 amide bonds. The van der Waals surface area contributed by atoms with Gasteiger partial charge in [-0.05, 0) is 5.56 Å². The number of rotatable bonds is 3. The molecule has 0 saturated carbocycles. The molecule has 0 aliphatic heterocycles. The van der Waals surface area contributed by atoms with Crippen molar-refractivity contribution in [1.29, 1.82) is 0 Å². The number of nitrogens with one attached hydrogen (secondary N) is 1. The minimum Gasteiger partial charge on any atom is -0.342 e. The van der Waals surface area contributed by atoms with Gasteiger partial charge in [-0.1, -0.05) is 37.3 Å². The van der Waals surface area contributed by atoms with Crippen LogP contribution in [0.5, 0.6) is 0 Å². The molecule has 15 heavy (non-hydrogen) atoms. The zero-order valence-electron chi connectivity index (χ0n) is 8.77. The molecule has 0 fully saturated rings. The van der Waals surface area contributed by atoms with E-state index in [1.807, 2.05) is 24.4 Å². The maximum absolute atomic E-state index is 5.59. The highest BCUT2D eigenvalue weighted by atomic mass is 14.9. The molecular weight excluding hydrogens is 186 g/mol. The van der Waals surface area contributed by atoms with Gasteiger partial charge in [0.25, 0.3) is 0 Å². The van der Waals surface area contributed by atoms with Crippen LogP contribution in [0.3, 0.4) is 0 Å². The van der Waals surface area contributed by atoms with Crippen LogP contribution in [0.2, 0.25) is 0 Å². The Morgan fingerprint density at radius 1 is 1.33 bits per heavy atom. The van der Waals surface area contributed by atoms with Crippen molar-refractivity contribution in [1.82, 2.24) is 9.97 Å². The summed E-state index contributed by atoms with van der Waals surface area (Å²) in [6.45, 7) is 2.68. The first-order valence-corrected chi connectivity index (χ1v) is 5.11. The fraction of sp³-hybridized carbons (Fsp3) is 0.250. The van der Waals surface area contributed by atoms with Crippen LogP contribution in [0, 0.1) is 0 Å². The molecule has 0 radical (unpaired) electrons. The van der Waals surface area contributed by atoms with Crippen molar-refractivity contribution in [3.63, 3.8) is 0 Å². The molecule has 1 atom stereocenters. The molecule has 78 valence electrons. The van der Waals surface area contributed by atoms with Crippen molar-refractivity contribution in [2.24, 2.45) is 5.73 Å². The fourth-order valence-electron chi connectivity index (χ4n) is 1.46. The predicted octanol–water partition coefficient (Wildman–Crippen LogP) is 2.14. The van der Waals surface area contributed by atoms with E-state index < -0.39 is 0 Å². The van der Waals surface area contributed by atoms with Crippen molar-refractivity contribution in [2.75, 3.05) is 6.54 Å². The molecule has 0 spiro atoms. The number of imidazole rings is 1. The van der Waals surface area contributed by atoms with Gasteiger partial charge in [-0.3, -0.25) is 0 Å². The predicted molar refractivity (Wildman–Crippen MR) is 61.5 cm³/mol. The van der Waals surface area contributed by atoms with Crippen LogP contribution in [0.1, 0.15) is 18.7 Å². The Morgan fingerprint density at radius 2 is 2.07 bits per heavy atom. The number of H-pyrrole nitrogens is 1. The van der Waals surface area contributed by atoms with Crippen molar-refractivity contribution in [3.8, 4) is 11.3 Å². The second kappa shape index (κ2) is 4.28. The van der Waals surface area contributed by atoms with Gasteiger partial charge in [-0.15, -0.1) is 0 Å². The summed E-state index contributed by atoms with van der Waals surface area (Å²) in [7, 11) is 0. The number of nitrogens with two attached hydrogens (primary N) is 1. The van der Waals surface area contributed by atoms with Crippen LogP contribution in [-0.4, -0.2) is 16.5 Å². The average Bonchev–Trinajstić information content (AvgIpc) is 2.78. The summed E-state index contributed by atoms with van der Waals surface area (Å²) in [5.74, 6) is 1.24. The lowest BCUT2D eigenvalue weighted by Gasteiger charge is -2.03. The number of hydrogen-bond donors (Lipinski definition) is 2. The van der Waals surface area contributed by atoms with Crippen LogP contribution >= 0.6 is 0 Å². The minimum atomic E-state index is 0.280. The van der Waals surface area contributed by atoms with E-state index in [-0.39, 0.29) is 5.92 Å². The highest BCUT2D eigenvalue weighted by Gasteiger charge is 2.08. The summed E-state index contributed by atoms with van der Waals surface area (Å²) in [5.41, 5.74) is 7.79. The van der Waals surface area contributed by atoms with Gasteiger partial charge in [0.15, 0.2) is 0 Å². The van der Waals surface area contributed by atoms with Crippen molar-refractivity contribution in [3.05, 3.63) is 42.4 Å². The molecule has 1 aromatic heterocycles. The summed E-state index contributed by atoms with van der Waals surface area (Å²) in [6, 6.07) is 10.2. The standard InChI is InChI=1S/C12H15N3/c1-9(7-13)12-14-8-11(15-12)10-5-3-2-4-6-10/h2-6,8-9H,7,13H2,1H3,(H,14,15). The van der Waals surface area contributed by atoms with Crippen molar-refractivity contribution < 1.29 is 0 Å². The molecule has 1 aromatic carbocycles. The van der Waals surface area contributed by atoms with Gasteiger partial charge in [-0.2, -0.15) is 0 Å². The minimum absolute atomic E-state index is 0.280. The van der Waals surface area contributed by atoms with Gasteiger partial charge < -0.3 is 10.7 Å². The van der Waals surface area contributed by atoms with Gasteiger partial charge in [0, 0.05) is 12.5 Å². The van der Waals surface area contributed by atoms with E-state index in [1.54, 1.807) is 0 Å². The second-order valence-corrected chi connectivity index (χ2v) is 3.68. The quantitative estimate of drug-likeness (QED) is 0.799. The molecule has 1 heterocycles. The fourth-order valence-corrected chi connectivity index (χ4v) is 1.46. The third-order valence-corrected chi connectivity index (χ3v) is 2.50. The van der Waals surface area contributed by atoms with Gasteiger partial charge in [-0.25, -0.2) is 4.98 Å². The maximum atomic E-state index is 5.59. The molecule has 3 N–H and O–H groups in total. The normalized spacial score (nSPS) is 12.7. The number of aromatic nitrogens is 2. The molecular formula is C12H15N3. The molecule has 2 aromatic rings. The summed E-state index contributed by atoms with van der Waals surface area (Å²) in [4.78, 5) is 7.62. The zero-order valence-corrected chi connectivity index (χ0v) is 8.77. The van der Waals surface area contributed by atoms with E-state index in [4.69, 9.17) is 5.73 Å². The van der Waals surface area contributed by atoms with E-state index in [0.717, 1.165) is 17.1 Å². The Hall–Kier alpha value is -1.61. The van der Waals surface area contributed by atoms with Gasteiger partial charge in [0.2, 0.25) is 0 Å². The van der Waals surface area contributed by atoms with Crippen molar-refractivity contribution in [2.45, 2.75) is 12.8 Å². The lowest BCUT2D eigenvalue weighted by atomic mass is 10.1. The molecule has 0 aliphatic carbocycles. The van der Waals surface area contributed by atoms with Crippen LogP contribution in [-0.2, 0) is 0 Å². The highest BCUT2D eigenvalue weighted by Crippen LogP contribution is 2.18. The van der Waals surface area contributed by atoms with E-state index in [1.165, 1.54) is 0 Å². The highest BCUT2D eigenvalue weighted by molar-refractivity contribution is 5.58. The van der Waals surface area contributed by atoms with Gasteiger partial charge in [0.1, 0.15) is 5.82 Å². The number of aromatic amines is 1. The average molecular weight is 201 g/mol. The zero-order chi connectivity index (χ0) is 10.7. The Balaban J connectivity index is 2.28. The van der Waals surface area contributed by atoms with Gasteiger partial charge >= 0.3 is 0 Å². The van der Waals surface area contributed by atoms with E-state index in [2.05, 4.69) is 29.0 Å². The summed E-state index contributed by atoms with van der Waals surface area (Å²) >= 11 is 0. The smallest absolute Gasteiger partial charge is 0.110 e. The Kier molecular flexibility index (Phi) is 2.83. The third-order valence-electron chi connectivity index (χ3n) is 2.50. The second-order valence-electron chi connectivity index (χ2n) is 3.68. The summed E-state index contributed by atoms with van der Waals surface area (Å²) in [6.07, 6.45) is 1.86. The topological polar surface area (TPSA) is 54.7 Å². The maximum Gasteiger partial charge on any atom is 0.110 e. The monoisotopic (exact) mass is 201 g/mol. The van der Waals surface area contributed by atoms with Crippen LogP contribution in [0.15, 0.2) is 36.5 Å². The lowest BCUT2D eigenvalue weighted by Crippen LogP contribution is -2.10. The Labute approximate surface area is 89.4 Å². The lowest BCUT2D eigenvalue weighted by molar-refractivity contribution is 0.725. The van der Waals surface area contributed by atoms with Crippen LogP contribution in [0.25, 0.3) is 11.3 Å². The Morgan fingerprint density at radius 3 is 2.73 bits per heavy atom. The first-order valence-electron chi connectivity index (χ1n) is 5.11. The summed E-state index contributed by atoms with van der Waals surface area (Å²) < 4.78 is 0. The molecule has 3 heteroatoms. The largest absolute Gasteiger partial charge is 0.342 e.